The van der Waals surface area contributed by atoms with Crippen LogP contribution in [0.15, 0.2) is 23.1 Å². The van der Waals surface area contributed by atoms with E-state index in [1.807, 2.05) is 19.2 Å². The van der Waals surface area contributed by atoms with Crippen molar-refractivity contribution in [3.05, 3.63) is 29.3 Å². The van der Waals surface area contributed by atoms with Crippen LogP contribution in [-0.4, -0.2) is 49.8 Å². The highest BCUT2D eigenvalue weighted by atomic mass is 32.2. The maximum Gasteiger partial charge on any atom is 0.318 e. The number of hydrogen-bond acceptors (Lipinski definition) is 6. The third-order valence-corrected chi connectivity index (χ3v) is 6.71. The number of imide groups is 1. The predicted octanol–water partition coefficient (Wildman–Crippen LogP) is 0.831. The first-order chi connectivity index (χ1) is 13.0. The molecule has 0 aromatic heterocycles. The summed E-state index contributed by atoms with van der Waals surface area (Å²) in [6.45, 7) is 5.45. The number of carbonyl (C=O) groups is 3. The lowest BCUT2D eigenvalue weighted by Gasteiger charge is -2.30. The van der Waals surface area contributed by atoms with Gasteiger partial charge in [-0.25, -0.2) is 13.2 Å². The van der Waals surface area contributed by atoms with Crippen LogP contribution in [0.3, 0.4) is 0 Å². The minimum absolute atomic E-state index is 0.177. The molecule has 0 bridgehead atoms. The van der Waals surface area contributed by atoms with Crippen molar-refractivity contribution in [3.63, 3.8) is 0 Å². The number of aryl methyl sites for hydroxylation is 2. The Morgan fingerprint density at radius 2 is 1.79 bits per heavy atom. The van der Waals surface area contributed by atoms with Crippen molar-refractivity contribution in [3.8, 4) is 0 Å². The number of piperidine rings is 1. The molecule has 0 unspecified atom stereocenters. The number of benzene rings is 1. The molecule has 1 aromatic carbocycles. The standard InChI is InChI=1S/C18H25N3O6S/c1-11-4-5-15(10-12(11)2)28(25,26)21-8-6-14(7-9-21)17(23)27-13(3)16(22)20-18(19)24/h4-5,10,13-14H,6-9H2,1-3H3,(H3,19,20,22,24)/t13-/m0/s1. The zero-order valence-corrected chi connectivity index (χ0v) is 16.9. The van der Waals surface area contributed by atoms with E-state index in [9.17, 15) is 22.8 Å². The number of ether oxygens (including phenoxy) is 1. The van der Waals surface area contributed by atoms with E-state index in [0.717, 1.165) is 11.1 Å². The first-order valence-electron chi connectivity index (χ1n) is 8.90. The van der Waals surface area contributed by atoms with E-state index in [2.05, 4.69) is 0 Å². The summed E-state index contributed by atoms with van der Waals surface area (Å²) in [5.41, 5.74) is 6.75. The fraction of sp³-hybridized carbons (Fsp3) is 0.500. The number of amides is 3. The average Bonchev–Trinajstić information content (AvgIpc) is 2.63. The lowest BCUT2D eigenvalue weighted by Crippen LogP contribution is -2.44. The zero-order chi connectivity index (χ0) is 21.1. The van der Waals surface area contributed by atoms with E-state index < -0.39 is 40.0 Å². The van der Waals surface area contributed by atoms with Gasteiger partial charge in [0.05, 0.1) is 10.8 Å². The van der Waals surface area contributed by atoms with E-state index in [-0.39, 0.29) is 30.8 Å². The van der Waals surface area contributed by atoms with Crippen LogP contribution in [0.5, 0.6) is 0 Å². The molecule has 2 rings (SSSR count). The van der Waals surface area contributed by atoms with Crippen LogP contribution in [0.1, 0.15) is 30.9 Å². The average molecular weight is 411 g/mol. The van der Waals surface area contributed by atoms with Gasteiger partial charge in [-0.2, -0.15) is 4.31 Å². The highest BCUT2D eigenvalue weighted by Gasteiger charge is 2.34. The van der Waals surface area contributed by atoms with Crippen molar-refractivity contribution in [2.24, 2.45) is 11.7 Å². The number of esters is 1. The topological polar surface area (TPSA) is 136 Å². The number of hydrogen-bond donors (Lipinski definition) is 2. The van der Waals surface area contributed by atoms with E-state index in [1.165, 1.54) is 11.2 Å². The van der Waals surface area contributed by atoms with E-state index in [0.29, 0.717) is 0 Å². The first-order valence-corrected chi connectivity index (χ1v) is 10.3. The lowest BCUT2D eigenvalue weighted by atomic mass is 9.98. The van der Waals surface area contributed by atoms with Crippen LogP contribution in [-0.2, 0) is 24.3 Å². The van der Waals surface area contributed by atoms with Gasteiger partial charge in [0.2, 0.25) is 10.0 Å². The molecular formula is C18H25N3O6S. The van der Waals surface area contributed by atoms with Crippen LogP contribution in [0, 0.1) is 19.8 Å². The van der Waals surface area contributed by atoms with Gasteiger partial charge in [0.15, 0.2) is 6.10 Å². The molecular weight excluding hydrogens is 386 g/mol. The molecule has 0 spiro atoms. The van der Waals surface area contributed by atoms with Gasteiger partial charge >= 0.3 is 12.0 Å². The maximum atomic E-state index is 12.8. The Kier molecular flexibility index (Phi) is 6.78. The van der Waals surface area contributed by atoms with E-state index in [4.69, 9.17) is 10.5 Å². The number of nitrogens with one attached hydrogen (secondary N) is 1. The van der Waals surface area contributed by atoms with Gasteiger partial charge in [0, 0.05) is 13.1 Å². The molecule has 1 fully saturated rings. The first kappa shape index (κ1) is 21.8. The lowest BCUT2D eigenvalue weighted by molar-refractivity contribution is -0.159. The van der Waals surface area contributed by atoms with Gasteiger partial charge in [-0.05, 0) is 56.9 Å². The predicted molar refractivity (Wildman–Crippen MR) is 101 cm³/mol. The summed E-state index contributed by atoms with van der Waals surface area (Å²) in [5, 5.41) is 1.84. The van der Waals surface area contributed by atoms with Gasteiger partial charge < -0.3 is 10.5 Å². The van der Waals surface area contributed by atoms with Crippen LogP contribution in [0.4, 0.5) is 4.79 Å². The molecule has 0 aliphatic carbocycles. The highest BCUT2D eigenvalue weighted by Crippen LogP contribution is 2.26. The van der Waals surface area contributed by atoms with Crippen LogP contribution < -0.4 is 11.1 Å². The Bertz CT molecular complexity index is 875. The summed E-state index contributed by atoms with van der Waals surface area (Å²) >= 11 is 0. The van der Waals surface area contributed by atoms with E-state index >= 15 is 0 Å². The molecule has 3 amide bonds. The van der Waals surface area contributed by atoms with Gasteiger partial charge in [0.1, 0.15) is 0 Å². The molecule has 0 saturated carbocycles. The maximum absolute atomic E-state index is 12.8. The highest BCUT2D eigenvalue weighted by molar-refractivity contribution is 7.89. The summed E-state index contributed by atoms with van der Waals surface area (Å²) in [4.78, 5) is 34.7. The van der Waals surface area contributed by atoms with Crippen LogP contribution >= 0.6 is 0 Å². The number of nitrogens with zero attached hydrogens (tertiary/aromatic N) is 1. The van der Waals surface area contributed by atoms with Gasteiger partial charge in [-0.15, -0.1) is 0 Å². The Morgan fingerprint density at radius 1 is 1.18 bits per heavy atom. The molecule has 1 aliphatic rings. The quantitative estimate of drug-likeness (QED) is 0.689. The van der Waals surface area contributed by atoms with Crippen molar-refractivity contribution >= 4 is 27.9 Å². The van der Waals surface area contributed by atoms with Crippen LogP contribution in [0.25, 0.3) is 0 Å². The Balaban J connectivity index is 1.96. The van der Waals surface area contributed by atoms with Gasteiger partial charge in [-0.1, -0.05) is 6.07 Å². The van der Waals surface area contributed by atoms with Crippen molar-refractivity contribution < 1.29 is 27.5 Å². The van der Waals surface area contributed by atoms with Gasteiger partial charge in [0.25, 0.3) is 5.91 Å². The number of carbonyl (C=O) groups excluding carboxylic acids is 3. The molecule has 9 nitrogen and oxygen atoms in total. The monoisotopic (exact) mass is 411 g/mol. The number of sulfonamides is 1. The molecule has 1 saturated heterocycles. The molecule has 1 aromatic rings. The zero-order valence-electron chi connectivity index (χ0n) is 16.1. The molecule has 1 heterocycles. The molecule has 1 atom stereocenters. The van der Waals surface area contributed by atoms with Crippen molar-refractivity contribution in [2.45, 2.75) is 44.6 Å². The fourth-order valence-corrected chi connectivity index (χ4v) is 4.46. The number of urea groups is 1. The van der Waals surface area contributed by atoms with Crippen LogP contribution in [0.2, 0.25) is 0 Å². The smallest absolute Gasteiger partial charge is 0.318 e. The molecule has 28 heavy (non-hydrogen) atoms. The third-order valence-electron chi connectivity index (χ3n) is 4.81. The minimum atomic E-state index is -3.63. The second kappa shape index (κ2) is 8.70. The second-order valence-corrected chi connectivity index (χ2v) is 8.79. The second-order valence-electron chi connectivity index (χ2n) is 6.86. The summed E-state index contributed by atoms with van der Waals surface area (Å²) in [5.74, 6) is -1.93. The van der Waals surface area contributed by atoms with Crippen molar-refractivity contribution in [1.82, 2.24) is 9.62 Å². The largest absolute Gasteiger partial charge is 0.452 e. The fourth-order valence-electron chi connectivity index (χ4n) is 2.90. The Morgan fingerprint density at radius 3 is 2.32 bits per heavy atom. The molecule has 1 aliphatic heterocycles. The Hall–Kier alpha value is -2.46. The summed E-state index contributed by atoms with van der Waals surface area (Å²) in [7, 11) is -3.63. The van der Waals surface area contributed by atoms with Gasteiger partial charge in [-0.3, -0.25) is 14.9 Å². The third kappa shape index (κ3) is 5.08. The SMILES string of the molecule is Cc1ccc(S(=O)(=O)N2CCC(C(=O)O[C@@H](C)C(=O)NC(N)=O)CC2)cc1C. The summed E-state index contributed by atoms with van der Waals surface area (Å²) in [6, 6.07) is 3.96. The molecule has 0 radical (unpaired) electrons. The number of rotatable bonds is 5. The normalized spacial score (nSPS) is 17.0. The molecule has 10 heteroatoms. The summed E-state index contributed by atoms with van der Waals surface area (Å²) in [6.07, 6.45) is -0.600. The molecule has 154 valence electrons. The minimum Gasteiger partial charge on any atom is -0.452 e. The summed E-state index contributed by atoms with van der Waals surface area (Å²) < 4.78 is 32.0. The molecule has 3 N–H and O–H groups in total. The Labute approximate surface area is 164 Å². The van der Waals surface area contributed by atoms with E-state index in [1.54, 1.807) is 18.2 Å². The number of nitrogens with two attached hydrogens (primary N) is 1. The van der Waals surface area contributed by atoms with Crippen molar-refractivity contribution in [1.29, 1.82) is 0 Å². The van der Waals surface area contributed by atoms with Crippen molar-refractivity contribution in [2.75, 3.05) is 13.1 Å². The number of primary amides is 1.